The second kappa shape index (κ2) is 8.76. The van der Waals surface area contributed by atoms with Gasteiger partial charge in [0.05, 0.1) is 34.0 Å². The number of pyridine rings is 1. The van der Waals surface area contributed by atoms with Gasteiger partial charge in [0.1, 0.15) is 0 Å². The Bertz CT molecular complexity index is 654. The van der Waals surface area contributed by atoms with Crippen LogP contribution in [-0.2, 0) is 38.7 Å². The highest BCUT2D eigenvalue weighted by molar-refractivity contribution is 6.09. The number of rotatable bonds is 7. The highest BCUT2D eigenvalue weighted by atomic mass is 16.5. The smallest absolute Gasteiger partial charge is 0.338 e. The lowest BCUT2D eigenvalue weighted by atomic mass is 9.75. The number of carbonyl (C=O) groups excluding carboxylic acids is 4. The maximum absolute atomic E-state index is 12.5. The first-order chi connectivity index (χ1) is 11.9. The number of carbonyl (C=O) groups is 4. The molecule has 25 heavy (non-hydrogen) atoms. The van der Waals surface area contributed by atoms with Gasteiger partial charge in [-0.05, 0) is 12.5 Å². The minimum Gasteiger partial charge on any atom is -0.469 e. The quantitative estimate of drug-likeness (QED) is 0.390. The molecule has 0 saturated heterocycles. The van der Waals surface area contributed by atoms with Crippen LogP contribution in [0.4, 0.5) is 0 Å². The molecule has 0 atom stereocenters. The molecular formula is C16H19NO8. The van der Waals surface area contributed by atoms with Crippen LogP contribution in [0.25, 0.3) is 0 Å². The third kappa shape index (κ3) is 3.93. The fraction of sp³-hybridized carbons (Fsp3) is 0.438. The normalized spacial score (nSPS) is 10.6. The minimum absolute atomic E-state index is 0.0711. The second-order valence-corrected chi connectivity index (χ2v) is 4.88. The third-order valence-electron chi connectivity index (χ3n) is 3.69. The Morgan fingerprint density at radius 3 is 2.04 bits per heavy atom. The van der Waals surface area contributed by atoms with Crippen molar-refractivity contribution in [2.75, 3.05) is 28.4 Å². The van der Waals surface area contributed by atoms with Crippen molar-refractivity contribution in [1.29, 1.82) is 0 Å². The first kappa shape index (κ1) is 20.1. The van der Waals surface area contributed by atoms with Crippen LogP contribution in [0.2, 0.25) is 0 Å². The lowest BCUT2D eigenvalue weighted by molar-refractivity contribution is -0.163. The van der Waals surface area contributed by atoms with Crippen LogP contribution in [-0.4, -0.2) is 57.3 Å². The summed E-state index contributed by atoms with van der Waals surface area (Å²) in [6, 6.07) is 1.29. The number of hydrogen-bond acceptors (Lipinski definition) is 9. The molecule has 0 saturated carbocycles. The van der Waals surface area contributed by atoms with Crippen molar-refractivity contribution in [2.24, 2.45) is 0 Å². The van der Waals surface area contributed by atoms with E-state index in [1.807, 2.05) is 0 Å². The predicted octanol–water partition coefficient (Wildman–Crippen LogP) is 0.405. The Morgan fingerprint density at radius 2 is 1.56 bits per heavy atom. The average Bonchev–Trinajstić information content (AvgIpc) is 2.66. The molecule has 0 aliphatic rings. The number of methoxy groups -OCH3 is 4. The van der Waals surface area contributed by atoms with Gasteiger partial charge in [0.25, 0.3) is 0 Å². The molecule has 0 unspecified atom stereocenters. The molecule has 0 aliphatic carbocycles. The summed E-state index contributed by atoms with van der Waals surface area (Å²) in [5.74, 6) is -3.43. The summed E-state index contributed by atoms with van der Waals surface area (Å²) in [5.41, 5.74) is -2.22. The molecule has 0 amide bonds. The number of ether oxygens (including phenoxy) is 4. The van der Waals surface area contributed by atoms with E-state index in [1.54, 1.807) is 0 Å². The van der Waals surface area contributed by atoms with E-state index >= 15 is 0 Å². The van der Waals surface area contributed by atoms with Crippen LogP contribution >= 0.6 is 0 Å². The summed E-state index contributed by atoms with van der Waals surface area (Å²) in [5, 5.41) is 0. The van der Waals surface area contributed by atoms with E-state index in [0.717, 1.165) is 27.5 Å². The molecule has 0 aromatic carbocycles. The Balaban J connectivity index is 3.64. The molecule has 0 N–H and O–H groups in total. The molecule has 9 nitrogen and oxygen atoms in total. The van der Waals surface area contributed by atoms with Crippen LogP contribution in [0.1, 0.15) is 28.8 Å². The van der Waals surface area contributed by atoms with E-state index in [2.05, 4.69) is 14.5 Å². The van der Waals surface area contributed by atoms with Crippen molar-refractivity contribution in [3.63, 3.8) is 0 Å². The average molecular weight is 353 g/mol. The first-order valence-corrected chi connectivity index (χ1v) is 7.15. The van der Waals surface area contributed by atoms with Gasteiger partial charge in [-0.3, -0.25) is 19.4 Å². The van der Waals surface area contributed by atoms with E-state index in [1.165, 1.54) is 19.4 Å². The maximum atomic E-state index is 12.5. The van der Waals surface area contributed by atoms with Gasteiger partial charge in [-0.15, -0.1) is 0 Å². The van der Waals surface area contributed by atoms with E-state index in [4.69, 9.17) is 9.47 Å². The van der Waals surface area contributed by atoms with Crippen LogP contribution in [0, 0.1) is 0 Å². The molecule has 1 rings (SSSR count). The molecule has 0 bridgehead atoms. The zero-order valence-corrected chi connectivity index (χ0v) is 14.4. The Kier molecular flexibility index (Phi) is 7.04. The Hall–Kier alpha value is -2.97. The molecule has 1 heterocycles. The Labute approximate surface area is 144 Å². The summed E-state index contributed by atoms with van der Waals surface area (Å²) in [7, 11) is 4.47. The zero-order chi connectivity index (χ0) is 19.0. The monoisotopic (exact) mass is 353 g/mol. The van der Waals surface area contributed by atoms with Crippen LogP contribution in [0.15, 0.2) is 18.5 Å². The van der Waals surface area contributed by atoms with Crippen LogP contribution < -0.4 is 0 Å². The number of nitrogens with zero attached hydrogens (tertiary/aromatic N) is 1. The molecule has 0 radical (unpaired) electrons. The third-order valence-corrected chi connectivity index (χ3v) is 3.69. The lowest BCUT2D eigenvalue weighted by Gasteiger charge is -2.29. The topological polar surface area (TPSA) is 118 Å². The van der Waals surface area contributed by atoms with Crippen molar-refractivity contribution in [2.45, 2.75) is 18.3 Å². The largest absolute Gasteiger partial charge is 0.469 e. The van der Waals surface area contributed by atoms with Crippen LogP contribution in [0.5, 0.6) is 0 Å². The maximum Gasteiger partial charge on any atom is 0.338 e. The standard InChI is InChI=1S/C16H19NO8/c1-22-12(18)5-7-16(14(20)24-3,15(21)25-4)11-9-17-8-6-10(11)13(19)23-2/h6,8-9H,5,7H2,1-4H3. The summed E-state index contributed by atoms with van der Waals surface area (Å²) >= 11 is 0. The summed E-state index contributed by atoms with van der Waals surface area (Å²) < 4.78 is 18.8. The SMILES string of the molecule is COC(=O)CCC(C(=O)OC)(C(=O)OC)c1cnccc1C(=O)OC. The van der Waals surface area contributed by atoms with Crippen molar-refractivity contribution >= 4 is 23.9 Å². The van der Waals surface area contributed by atoms with Gasteiger partial charge in [0.2, 0.25) is 0 Å². The number of esters is 4. The molecule has 0 spiro atoms. The lowest BCUT2D eigenvalue weighted by Crippen LogP contribution is -2.47. The van der Waals surface area contributed by atoms with Crippen LogP contribution in [0.3, 0.4) is 0 Å². The van der Waals surface area contributed by atoms with Gasteiger partial charge in [-0.2, -0.15) is 0 Å². The zero-order valence-electron chi connectivity index (χ0n) is 14.4. The molecule has 0 fully saturated rings. The van der Waals surface area contributed by atoms with E-state index < -0.39 is 29.3 Å². The van der Waals surface area contributed by atoms with E-state index in [-0.39, 0.29) is 24.0 Å². The minimum atomic E-state index is -2.07. The van der Waals surface area contributed by atoms with E-state index in [9.17, 15) is 19.2 Å². The molecule has 1 aromatic rings. The van der Waals surface area contributed by atoms with Crippen molar-refractivity contribution in [3.8, 4) is 0 Å². The summed E-state index contributed by atoms with van der Waals surface area (Å²) in [6.45, 7) is 0. The van der Waals surface area contributed by atoms with E-state index in [0.29, 0.717) is 0 Å². The van der Waals surface area contributed by atoms with Gasteiger partial charge < -0.3 is 18.9 Å². The molecule has 0 aliphatic heterocycles. The number of hydrogen-bond donors (Lipinski definition) is 0. The van der Waals surface area contributed by atoms with Gasteiger partial charge in [0, 0.05) is 24.4 Å². The van der Waals surface area contributed by atoms with Gasteiger partial charge >= 0.3 is 23.9 Å². The highest BCUT2D eigenvalue weighted by Crippen LogP contribution is 2.35. The first-order valence-electron chi connectivity index (χ1n) is 7.15. The Morgan fingerprint density at radius 1 is 0.960 bits per heavy atom. The summed E-state index contributed by atoms with van der Waals surface area (Å²) in [4.78, 5) is 52.6. The van der Waals surface area contributed by atoms with Gasteiger partial charge in [0.15, 0.2) is 5.41 Å². The molecule has 9 heteroatoms. The predicted molar refractivity (Wildman–Crippen MR) is 82.5 cm³/mol. The van der Waals surface area contributed by atoms with Crippen molar-refractivity contribution in [3.05, 3.63) is 29.6 Å². The summed E-state index contributed by atoms with van der Waals surface area (Å²) in [6.07, 6.45) is 1.83. The second-order valence-electron chi connectivity index (χ2n) is 4.88. The van der Waals surface area contributed by atoms with Crippen molar-refractivity contribution < 1.29 is 38.1 Å². The van der Waals surface area contributed by atoms with Gasteiger partial charge in [-0.25, -0.2) is 4.79 Å². The van der Waals surface area contributed by atoms with Gasteiger partial charge in [-0.1, -0.05) is 0 Å². The molecule has 136 valence electrons. The fourth-order valence-electron chi connectivity index (χ4n) is 2.40. The van der Waals surface area contributed by atoms with Crippen molar-refractivity contribution in [1.82, 2.24) is 4.98 Å². The molecule has 1 aromatic heterocycles. The fourth-order valence-corrected chi connectivity index (χ4v) is 2.40. The number of aromatic nitrogens is 1. The highest BCUT2D eigenvalue weighted by Gasteiger charge is 2.52. The molecular weight excluding hydrogens is 334 g/mol.